The first-order valence-corrected chi connectivity index (χ1v) is 7.59. The Morgan fingerprint density at radius 1 is 1.08 bits per heavy atom. The Balaban J connectivity index is 1.93. The van der Waals surface area contributed by atoms with Crippen LogP contribution in [0.4, 0.5) is 4.79 Å². The van der Waals surface area contributed by atoms with E-state index in [-0.39, 0.29) is 12.3 Å². The van der Waals surface area contributed by atoms with Crippen LogP contribution in [0.15, 0.2) is 54.6 Å². The Morgan fingerprint density at radius 3 is 2.33 bits per heavy atom. The predicted molar refractivity (Wildman–Crippen MR) is 91.4 cm³/mol. The summed E-state index contributed by atoms with van der Waals surface area (Å²) in [5.41, 5.74) is 7.00. The number of primary amides is 1. The molecule has 0 spiro atoms. The first-order valence-electron chi connectivity index (χ1n) is 7.59. The van der Waals surface area contributed by atoms with Crippen molar-refractivity contribution in [3.63, 3.8) is 0 Å². The van der Waals surface area contributed by atoms with Gasteiger partial charge in [0.2, 0.25) is 5.91 Å². The molecule has 0 unspecified atom stereocenters. The third kappa shape index (κ3) is 5.31. The molecule has 0 fully saturated rings. The van der Waals surface area contributed by atoms with Crippen LogP contribution in [0.1, 0.15) is 23.6 Å². The second-order valence-electron chi connectivity index (χ2n) is 5.30. The standard InChI is InChI=1S/C18H21N3O3/c1-24-15-9-7-13(8-10-15)12-20-17(22)11-16(21-18(19)23)14-5-3-2-4-6-14/h2-10,16H,11-12H2,1H3,(H,20,22)(H3,19,21,23)/t16-/m0/s1. The van der Waals surface area contributed by atoms with E-state index in [0.717, 1.165) is 16.9 Å². The fourth-order valence-corrected chi connectivity index (χ4v) is 2.31. The van der Waals surface area contributed by atoms with Crippen molar-refractivity contribution >= 4 is 11.9 Å². The number of methoxy groups -OCH3 is 1. The van der Waals surface area contributed by atoms with E-state index in [9.17, 15) is 9.59 Å². The van der Waals surface area contributed by atoms with Crippen molar-refractivity contribution in [1.29, 1.82) is 0 Å². The molecule has 0 aliphatic rings. The summed E-state index contributed by atoms with van der Waals surface area (Å²) in [6, 6.07) is 15.6. The van der Waals surface area contributed by atoms with Crippen molar-refractivity contribution in [2.45, 2.75) is 19.0 Å². The quantitative estimate of drug-likeness (QED) is 0.727. The number of rotatable bonds is 7. The molecule has 2 aromatic rings. The van der Waals surface area contributed by atoms with Crippen LogP contribution in [0.3, 0.4) is 0 Å². The maximum atomic E-state index is 12.2. The van der Waals surface area contributed by atoms with Gasteiger partial charge in [-0.2, -0.15) is 0 Å². The fraction of sp³-hybridized carbons (Fsp3) is 0.222. The summed E-state index contributed by atoms with van der Waals surface area (Å²) in [5, 5.41) is 5.44. The zero-order valence-corrected chi connectivity index (χ0v) is 13.5. The average Bonchev–Trinajstić information content (AvgIpc) is 2.60. The molecule has 3 amide bonds. The molecule has 24 heavy (non-hydrogen) atoms. The third-order valence-electron chi connectivity index (χ3n) is 3.56. The molecule has 1 atom stereocenters. The van der Waals surface area contributed by atoms with Gasteiger partial charge in [-0.1, -0.05) is 42.5 Å². The lowest BCUT2D eigenvalue weighted by Crippen LogP contribution is -2.36. The Hall–Kier alpha value is -3.02. The molecule has 0 bridgehead atoms. The minimum Gasteiger partial charge on any atom is -0.497 e. The van der Waals surface area contributed by atoms with Gasteiger partial charge in [-0.15, -0.1) is 0 Å². The van der Waals surface area contributed by atoms with Gasteiger partial charge in [0.15, 0.2) is 0 Å². The first-order chi connectivity index (χ1) is 11.6. The molecule has 4 N–H and O–H groups in total. The minimum atomic E-state index is -0.660. The lowest BCUT2D eigenvalue weighted by atomic mass is 10.0. The molecule has 6 heteroatoms. The maximum Gasteiger partial charge on any atom is 0.312 e. The van der Waals surface area contributed by atoms with Crippen molar-refractivity contribution in [3.8, 4) is 5.75 Å². The van der Waals surface area contributed by atoms with E-state index in [1.807, 2.05) is 54.6 Å². The van der Waals surface area contributed by atoms with Crippen LogP contribution in [0.2, 0.25) is 0 Å². The molecule has 126 valence electrons. The number of ether oxygens (including phenoxy) is 1. The number of hydrogen-bond acceptors (Lipinski definition) is 3. The molecule has 0 saturated carbocycles. The molecule has 2 aromatic carbocycles. The van der Waals surface area contributed by atoms with E-state index < -0.39 is 12.1 Å². The summed E-state index contributed by atoms with van der Waals surface area (Å²) in [4.78, 5) is 23.3. The second kappa shape index (κ2) is 8.57. The molecule has 0 heterocycles. The molecule has 0 saturated heterocycles. The largest absolute Gasteiger partial charge is 0.497 e. The molecule has 2 rings (SSSR count). The topological polar surface area (TPSA) is 93.4 Å². The summed E-state index contributed by atoms with van der Waals surface area (Å²) < 4.78 is 5.09. The van der Waals surface area contributed by atoms with E-state index in [4.69, 9.17) is 10.5 Å². The molecule has 0 aliphatic carbocycles. The highest BCUT2D eigenvalue weighted by Gasteiger charge is 2.17. The van der Waals surface area contributed by atoms with Crippen LogP contribution in [0.5, 0.6) is 5.75 Å². The Kier molecular flexibility index (Phi) is 6.19. The van der Waals surface area contributed by atoms with Crippen LogP contribution in [0.25, 0.3) is 0 Å². The van der Waals surface area contributed by atoms with Gasteiger partial charge in [-0.05, 0) is 23.3 Å². The van der Waals surface area contributed by atoms with Gasteiger partial charge in [0.25, 0.3) is 0 Å². The summed E-state index contributed by atoms with van der Waals surface area (Å²) in [6.45, 7) is 0.404. The van der Waals surface area contributed by atoms with Gasteiger partial charge in [0.1, 0.15) is 5.75 Å². The summed E-state index contributed by atoms with van der Waals surface area (Å²) in [7, 11) is 1.60. The van der Waals surface area contributed by atoms with E-state index >= 15 is 0 Å². The molecular formula is C18H21N3O3. The van der Waals surface area contributed by atoms with Gasteiger partial charge in [0, 0.05) is 6.54 Å². The van der Waals surface area contributed by atoms with E-state index in [0.29, 0.717) is 6.54 Å². The van der Waals surface area contributed by atoms with Crippen LogP contribution >= 0.6 is 0 Å². The maximum absolute atomic E-state index is 12.2. The molecule has 0 radical (unpaired) electrons. The van der Waals surface area contributed by atoms with E-state index in [2.05, 4.69) is 10.6 Å². The smallest absolute Gasteiger partial charge is 0.312 e. The third-order valence-corrected chi connectivity index (χ3v) is 3.56. The number of benzene rings is 2. The highest BCUT2D eigenvalue weighted by atomic mass is 16.5. The van der Waals surface area contributed by atoms with Gasteiger partial charge >= 0.3 is 6.03 Å². The van der Waals surface area contributed by atoms with Crippen molar-refractivity contribution in [1.82, 2.24) is 10.6 Å². The number of hydrogen-bond donors (Lipinski definition) is 3. The minimum absolute atomic E-state index is 0.114. The van der Waals surface area contributed by atoms with Crippen LogP contribution < -0.4 is 21.1 Å². The van der Waals surface area contributed by atoms with E-state index in [1.165, 1.54) is 0 Å². The van der Waals surface area contributed by atoms with Crippen LogP contribution in [-0.2, 0) is 11.3 Å². The fourth-order valence-electron chi connectivity index (χ4n) is 2.31. The monoisotopic (exact) mass is 327 g/mol. The number of nitrogens with one attached hydrogen (secondary N) is 2. The van der Waals surface area contributed by atoms with Gasteiger partial charge in [-0.25, -0.2) is 4.79 Å². The normalized spacial score (nSPS) is 11.4. The Labute approximate surface area is 141 Å². The number of carbonyl (C=O) groups excluding carboxylic acids is 2. The Bertz CT molecular complexity index is 672. The van der Waals surface area contributed by atoms with Crippen molar-refractivity contribution in [2.75, 3.05) is 7.11 Å². The summed E-state index contributed by atoms with van der Waals surface area (Å²) in [5.74, 6) is 0.591. The molecule has 0 aliphatic heterocycles. The summed E-state index contributed by atoms with van der Waals surface area (Å²) >= 11 is 0. The van der Waals surface area contributed by atoms with Gasteiger partial charge in [-0.3, -0.25) is 4.79 Å². The highest BCUT2D eigenvalue weighted by Crippen LogP contribution is 2.16. The van der Waals surface area contributed by atoms with Crippen molar-refractivity contribution in [2.24, 2.45) is 5.73 Å². The number of nitrogens with two attached hydrogens (primary N) is 1. The van der Waals surface area contributed by atoms with Gasteiger partial charge in [0.05, 0.1) is 19.6 Å². The van der Waals surface area contributed by atoms with E-state index in [1.54, 1.807) is 7.11 Å². The average molecular weight is 327 g/mol. The zero-order valence-electron chi connectivity index (χ0n) is 13.5. The predicted octanol–water partition coefficient (Wildman–Crippen LogP) is 2.11. The molecule has 0 aromatic heterocycles. The highest BCUT2D eigenvalue weighted by molar-refractivity contribution is 5.78. The number of urea groups is 1. The SMILES string of the molecule is COc1ccc(CNC(=O)C[C@H](NC(N)=O)c2ccccc2)cc1. The Morgan fingerprint density at radius 2 is 1.75 bits per heavy atom. The molecule has 6 nitrogen and oxygen atoms in total. The van der Waals surface area contributed by atoms with Crippen LogP contribution in [-0.4, -0.2) is 19.0 Å². The van der Waals surface area contributed by atoms with Crippen molar-refractivity contribution in [3.05, 3.63) is 65.7 Å². The van der Waals surface area contributed by atoms with Crippen LogP contribution in [0, 0.1) is 0 Å². The lowest BCUT2D eigenvalue weighted by molar-refractivity contribution is -0.121. The van der Waals surface area contributed by atoms with Crippen molar-refractivity contribution < 1.29 is 14.3 Å². The molecular weight excluding hydrogens is 306 g/mol. The first kappa shape index (κ1) is 17.3. The second-order valence-corrected chi connectivity index (χ2v) is 5.30. The number of carbonyl (C=O) groups is 2. The van der Waals surface area contributed by atoms with Gasteiger partial charge < -0.3 is 21.1 Å². The lowest BCUT2D eigenvalue weighted by Gasteiger charge is -2.17. The zero-order chi connectivity index (χ0) is 17.4. The summed E-state index contributed by atoms with van der Waals surface area (Å²) in [6.07, 6.45) is 0.114. The number of amides is 3.